The number of hydrogen-bond acceptors (Lipinski definition) is 3. The maximum atomic E-state index is 6.19. The van der Waals surface area contributed by atoms with Gasteiger partial charge in [0.05, 0.1) is 34.1 Å². The monoisotopic (exact) mass is 356 g/mol. The third-order valence-corrected chi connectivity index (χ3v) is 5.71. The second-order valence-corrected chi connectivity index (χ2v) is 7.31. The van der Waals surface area contributed by atoms with Gasteiger partial charge in [-0.15, -0.1) is 0 Å². The lowest BCUT2D eigenvalue weighted by atomic mass is 9.85. The van der Waals surface area contributed by atoms with Crippen LogP contribution in [-0.2, 0) is 19.9 Å². The van der Waals surface area contributed by atoms with E-state index in [-0.39, 0.29) is 0 Å². The fourth-order valence-corrected chi connectivity index (χ4v) is 4.37. The van der Waals surface area contributed by atoms with Crippen LogP contribution < -0.4 is 11.1 Å². The lowest BCUT2D eigenvalue weighted by Gasteiger charge is -2.22. The molecule has 0 bridgehead atoms. The first-order chi connectivity index (χ1) is 13.2. The van der Waals surface area contributed by atoms with Crippen molar-refractivity contribution in [1.29, 1.82) is 0 Å². The number of imidazole rings is 1. The molecule has 0 fully saturated rings. The minimum Gasteiger partial charge on any atom is -0.398 e. The quantitative estimate of drug-likeness (QED) is 0.427. The Morgan fingerprint density at radius 1 is 1.07 bits per heavy atom. The number of rotatable bonds is 2. The summed E-state index contributed by atoms with van der Waals surface area (Å²) < 4.78 is 2.04. The average Bonchev–Trinajstić information content (AvgIpc) is 3.07. The topological polar surface area (TPSA) is 82.3 Å². The molecular weight excluding hydrogens is 334 g/mol. The van der Waals surface area contributed by atoms with Crippen molar-refractivity contribution in [3.05, 3.63) is 53.3 Å². The zero-order valence-corrected chi connectivity index (χ0v) is 15.4. The molecule has 0 unspecified atom stereocenters. The van der Waals surface area contributed by atoms with Gasteiger partial charge in [0.15, 0.2) is 6.21 Å². The number of nitrogen functional groups attached to an aromatic ring is 1. The molecule has 0 spiro atoms. The van der Waals surface area contributed by atoms with E-state index in [2.05, 4.69) is 23.2 Å². The Morgan fingerprint density at radius 3 is 2.70 bits per heavy atom. The standard InChI is InChI=1S/C22H21N5/c1-27-12-25-19-10-13(6-9-20(19)27)22-15-5-3-2-4-14(15)21-16(11-23)17(24)7-8-18(21)26-22/h6-12,23H,2-5,24H2,1H3/p+1. The maximum absolute atomic E-state index is 6.19. The summed E-state index contributed by atoms with van der Waals surface area (Å²) in [6, 6.07) is 10.3. The second-order valence-electron chi connectivity index (χ2n) is 7.31. The normalized spacial score (nSPS) is 13.8. The van der Waals surface area contributed by atoms with Crippen LogP contribution in [0.2, 0.25) is 0 Å². The first-order valence-corrected chi connectivity index (χ1v) is 9.37. The Kier molecular flexibility index (Phi) is 3.50. The lowest BCUT2D eigenvalue weighted by Crippen LogP contribution is -2.30. The van der Waals surface area contributed by atoms with Crippen molar-refractivity contribution in [2.75, 3.05) is 5.73 Å². The number of nitrogens with zero attached hydrogens (tertiary/aromatic N) is 3. The van der Waals surface area contributed by atoms with E-state index < -0.39 is 0 Å². The number of nitrogens with two attached hydrogens (primary N) is 2. The van der Waals surface area contributed by atoms with E-state index in [1.54, 1.807) is 6.21 Å². The Bertz CT molecular complexity index is 1220. The summed E-state index contributed by atoms with van der Waals surface area (Å²) in [5.74, 6) is 0. The molecule has 0 aliphatic heterocycles. The highest BCUT2D eigenvalue weighted by molar-refractivity contribution is 6.04. The molecule has 27 heavy (non-hydrogen) atoms. The molecule has 4 N–H and O–H groups in total. The van der Waals surface area contributed by atoms with E-state index in [4.69, 9.17) is 16.1 Å². The summed E-state index contributed by atoms with van der Waals surface area (Å²) in [6.07, 6.45) is 7.91. The number of aryl methyl sites for hydroxylation is 2. The Morgan fingerprint density at radius 2 is 1.89 bits per heavy atom. The van der Waals surface area contributed by atoms with E-state index in [1.165, 1.54) is 24.0 Å². The van der Waals surface area contributed by atoms with Crippen molar-refractivity contribution in [1.82, 2.24) is 14.5 Å². The Hall–Kier alpha value is -3.21. The van der Waals surface area contributed by atoms with Crippen LogP contribution in [0.4, 0.5) is 5.69 Å². The molecule has 2 aromatic heterocycles. The molecule has 0 amide bonds. The Labute approximate surface area is 157 Å². The van der Waals surface area contributed by atoms with Gasteiger partial charge in [0.1, 0.15) is 0 Å². The van der Waals surface area contributed by atoms with Gasteiger partial charge >= 0.3 is 0 Å². The van der Waals surface area contributed by atoms with Gasteiger partial charge in [0.25, 0.3) is 0 Å². The average molecular weight is 356 g/mol. The SMILES string of the molecule is Cn1cnc2cc(-c3nc4ccc(N)c(C=[NH2+])c4c4c3CCCC4)ccc21. The van der Waals surface area contributed by atoms with Crippen LogP contribution in [0.15, 0.2) is 36.7 Å². The number of hydrogen-bond donors (Lipinski definition) is 2. The molecule has 134 valence electrons. The predicted octanol–water partition coefficient (Wildman–Crippen LogP) is 2.43. The minimum atomic E-state index is 0.710. The van der Waals surface area contributed by atoms with Crippen LogP contribution in [0.5, 0.6) is 0 Å². The number of anilines is 1. The third kappa shape index (κ3) is 2.35. The van der Waals surface area contributed by atoms with E-state index in [1.807, 2.05) is 30.1 Å². The fraction of sp³-hybridized carbons (Fsp3) is 0.227. The highest BCUT2D eigenvalue weighted by Gasteiger charge is 2.22. The molecule has 0 atom stereocenters. The zero-order valence-electron chi connectivity index (χ0n) is 15.4. The van der Waals surface area contributed by atoms with E-state index >= 15 is 0 Å². The van der Waals surface area contributed by atoms with Gasteiger partial charge < -0.3 is 10.3 Å². The Balaban J connectivity index is 1.84. The van der Waals surface area contributed by atoms with Gasteiger partial charge in [0, 0.05) is 23.7 Å². The lowest BCUT2D eigenvalue weighted by molar-refractivity contribution is -0.104. The van der Waals surface area contributed by atoms with Crippen molar-refractivity contribution in [2.24, 2.45) is 7.05 Å². The molecule has 0 radical (unpaired) electrons. The smallest absolute Gasteiger partial charge is 0.170 e. The first kappa shape index (κ1) is 16.0. The molecule has 2 heterocycles. The summed E-state index contributed by atoms with van der Waals surface area (Å²) in [7, 11) is 2.01. The molecule has 5 rings (SSSR count). The summed E-state index contributed by atoms with van der Waals surface area (Å²) in [4.78, 5) is 9.57. The highest BCUT2D eigenvalue weighted by Crippen LogP contribution is 2.37. The van der Waals surface area contributed by atoms with Crippen LogP contribution >= 0.6 is 0 Å². The van der Waals surface area contributed by atoms with Crippen molar-refractivity contribution in [3.63, 3.8) is 0 Å². The predicted molar refractivity (Wildman–Crippen MR) is 110 cm³/mol. The van der Waals surface area contributed by atoms with E-state index in [9.17, 15) is 0 Å². The van der Waals surface area contributed by atoms with E-state index in [0.29, 0.717) is 5.69 Å². The number of fused-ring (bicyclic) bond motifs is 4. The fourth-order valence-electron chi connectivity index (χ4n) is 4.37. The van der Waals surface area contributed by atoms with Gasteiger partial charge in [-0.1, -0.05) is 6.07 Å². The summed E-state index contributed by atoms with van der Waals surface area (Å²) in [5, 5.41) is 7.04. The van der Waals surface area contributed by atoms with Crippen molar-refractivity contribution in [2.45, 2.75) is 25.7 Å². The van der Waals surface area contributed by atoms with Crippen molar-refractivity contribution in [3.8, 4) is 11.3 Å². The third-order valence-electron chi connectivity index (χ3n) is 5.71. The number of pyridine rings is 1. The molecule has 4 aromatic rings. The molecular formula is C22H22N5+. The zero-order chi connectivity index (χ0) is 18.5. The molecule has 5 nitrogen and oxygen atoms in total. The molecule has 1 aliphatic carbocycles. The molecule has 0 saturated heterocycles. The van der Waals surface area contributed by atoms with Gasteiger partial charge in [-0.3, -0.25) is 5.41 Å². The van der Waals surface area contributed by atoms with Crippen LogP contribution in [0.1, 0.15) is 29.5 Å². The van der Waals surface area contributed by atoms with Crippen LogP contribution in [0.25, 0.3) is 33.2 Å². The first-order valence-electron chi connectivity index (χ1n) is 9.37. The number of aromatic nitrogens is 3. The van der Waals surface area contributed by atoms with Gasteiger partial charge in [-0.05, 0) is 61.1 Å². The van der Waals surface area contributed by atoms with Crippen LogP contribution in [0.3, 0.4) is 0 Å². The minimum absolute atomic E-state index is 0.710. The molecule has 5 heteroatoms. The van der Waals surface area contributed by atoms with E-state index in [0.717, 1.165) is 51.6 Å². The summed E-state index contributed by atoms with van der Waals surface area (Å²) in [5.41, 5.74) is 15.8. The van der Waals surface area contributed by atoms with Gasteiger partial charge in [-0.25, -0.2) is 9.97 Å². The van der Waals surface area contributed by atoms with Crippen molar-refractivity contribution >= 4 is 33.8 Å². The molecule has 1 aliphatic rings. The number of benzene rings is 2. The summed E-state index contributed by atoms with van der Waals surface area (Å²) >= 11 is 0. The summed E-state index contributed by atoms with van der Waals surface area (Å²) in [6.45, 7) is 0. The molecule has 2 aromatic carbocycles. The second kappa shape index (κ2) is 5.91. The molecule has 0 saturated carbocycles. The van der Waals surface area contributed by atoms with Gasteiger partial charge in [0.2, 0.25) is 0 Å². The highest BCUT2D eigenvalue weighted by atomic mass is 15.0. The van der Waals surface area contributed by atoms with Gasteiger partial charge in [-0.2, -0.15) is 0 Å². The van der Waals surface area contributed by atoms with Crippen LogP contribution in [-0.4, -0.2) is 20.7 Å². The van der Waals surface area contributed by atoms with Crippen molar-refractivity contribution < 1.29 is 5.41 Å². The van der Waals surface area contributed by atoms with Crippen LogP contribution in [0, 0.1) is 0 Å². The largest absolute Gasteiger partial charge is 0.398 e. The maximum Gasteiger partial charge on any atom is 0.170 e.